The number of hydrogen-bond donors (Lipinski definition) is 1. The van der Waals surface area contributed by atoms with Gasteiger partial charge in [-0.25, -0.2) is 9.59 Å². The first-order valence-corrected chi connectivity index (χ1v) is 9.11. The van der Waals surface area contributed by atoms with Gasteiger partial charge in [-0.3, -0.25) is 0 Å². The third-order valence-electron chi connectivity index (χ3n) is 4.60. The summed E-state index contributed by atoms with van der Waals surface area (Å²) in [5.41, 5.74) is 3.12. The maximum Gasteiger partial charge on any atom is 0.337 e. The molecule has 7 heteroatoms. The van der Waals surface area contributed by atoms with Crippen molar-refractivity contribution in [3.63, 3.8) is 0 Å². The van der Waals surface area contributed by atoms with Crippen molar-refractivity contribution in [3.8, 4) is 0 Å². The quantitative estimate of drug-likeness (QED) is 0.814. The molecule has 1 aliphatic rings. The minimum absolute atomic E-state index is 0.234. The molecule has 142 valence electrons. The Labute approximate surface area is 163 Å². The van der Waals surface area contributed by atoms with E-state index in [2.05, 4.69) is 41.4 Å². The standard InChI is InChI=1S/C20H22ClN3O3/c1-14-3-6-16(7-4-14)23-9-11-24(12-10-23)20(26)22-18-13-15(19(25)27-2)5-8-17(18)21/h3-8,13H,9-12H2,1-2H3,(H,22,26). The fourth-order valence-corrected chi connectivity index (χ4v) is 3.15. The molecule has 2 amide bonds. The summed E-state index contributed by atoms with van der Waals surface area (Å²) in [6.45, 7) is 4.78. The van der Waals surface area contributed by atoms with E-state index in [9.17, 15) is 9.59 Å². The van der Waals surface area contributed by atoms with Crippen molar-refractivity contribution >= 4 is 35.0 Å². The van der Waals surface area contributed by atoms with Gasteiger partial charge in [0.2, 0.25) is 0 Å². The van der Waals surface area contributed by atoms with E-state index in [4.69, 9.17) is 16.3 Å². The summed E-state index contributed by atoms with van der Waals surface area (Å²) in [5.74, 6) is -0.478. The third kappa shape index (κ3) is 4.52. The number of methoxy groups -OCH3 is 1. The Kier molecular flexibility index (Phi) is 5.86. The minimum Gasteiger partial charge on any atom is -0.465 e. The van der Waals surface area contributed by atoms with Crippen molar-refractivity contribution in [3.05, 3.63) is 58.6 Å². The third-order valence-corrected chi connectivity index (χ3v) is 4.92. The number of nitrogens with one attached hydrogen (secondary N) is 1. The van der Waals surface area contributed by atoms with E-state index < -0.39 is 5.97 Å². The molecule has 0 aliphatic carbocycles. The van der Waals surface area contributed by atoms with Crippen LogP contribution in [0.25, 0.3) is 0 Å². The summed E-state index contributed by atoms with van der Waals surface area (Å²) < 4.78 is 4.70. The Balaban J connectivity index is 1.61. The molecule has 0 atom stereocenters. The summed E-state index contributed by atoms with van der Waals surface area (Å²) in [5, 5.41) is 3.16. The van der Waals surface area contributed by atoms with E-state index in [1.165, 1.54) is 18.7 Å². The number of anilines is 2. The van der Waals surface area contributed by atoms with Gasteiger partial charge in [-0.1, -0.05) is 29.3 Å². The smallest absolute Gasteiger partial charge is 0.337 e. The summed E-state index contributed by atoms with van der Waals surface area (Å²) >= 11 is 6.15. The van der Waals surface area contributed by atoms with Gasteiger partial charge in [0.05, 0.1) is 23.4 Å². The van der Waals surface area contributed by atoms with Crippen LogP contribution in [0.1, 0.15) is 15.9 Å². The van der Waals surface area contributed by atoms with Gasteiger partial charge in [0.1, 0.15) is 0 Å². The minimum atomic E-state index is -0.478. The number of aryl methyl sites for hydroxylation is 1. The SMILES string of the molecule is COC(=O)c1ccc(Cl)c(NC(=O)N2CCN(c3ccc(C)cc3)CC2)c1. The summed E-state index contributed by atoms with van der Waals surface area (Å²) in [6.07, 6.45) is 0. The molecule has 1 saturated heterocycles. The van der Waals surface area contributed by atoms with Gasteiger partial charge in [0.15, 0.2) is 0 Å². The van der Waals surface area contributed by atoms with Crippen molar-refractivity contribution in [1.29, 1.82) is 0 Å². The van der Waals surface area contributed by atoms with E-state index in [0.717, 1.165) is 18.8 Å². The van der Waals surface area contributed by atoms with E-state index >= 15 is 0 Å². The molecule has 1 heterocycles. The highest BCUT2D eigenvalue weighted by Crippen LogP contribution is 2.24. The highest BCUT2D eigenvalue weighted by molar-refractivity contribution is 6.33. The van der Waals surface area contributed by atoms with Crippen LogP contribution in [0, 0.1) is 6.92 Å². The number of nitrogens with zero attached hydrogens (tertiary/aromatic N) is 2. The van der Waals surface area contributed by atoms with Gasteiger partial charge < -0.3 is 19.9 Å². The first-order valence-electron chi connectivity index (χ1n) is 8.73. The Morgan fingerprint density at radius 1 is 1.04 bits per heavy atom. The van der Waals surface area contributed by atoms with Crippen molar-refractivity contribution in [1.82, 2.24) is 4.90 Å². The second-order valence-electron chi connectivity index (χ2n) is 6.43. The van der Waals surface area contributed by atoms with E-state index in [1.54, 1.807) is 17.0 Å². The molecule has 0 spiro atoms. The molecule has 1 N–H and O–H groups in total. The second-order valence-corrected chi connectivity index (χ2v) is 6.83. The van der Waals surface area contributed by atoms with Crippen molar-refractivity contribution < 1.29 is 14.3 Å². The average Bonchev–Trinajstić information content (AvgIpc) is 2.69. The van der Waals surface area contributed by atoms with Gasteiger partial charge in [-0.15, -0.1) is 0 Å². The van der Waals surface area contributed by atoms with Crippen LogP contribution >= 0.6 is 11.6 Å². The Bertz CT molecular complexity index is 831. The number of carbonyl (C=O) groups excluding carboxylic acids is 2. The first-order chi connectivity index (χ1) is 13.0. The molecule has 0 unspecified atom stereocenters. The average molecular weight is 388 g/mol. The van der Waals surface area contributed by atoms with Gasteiger partial charge in [0.25, 0.3) is 0 Å². The zero-order chi connectivity index (χ0) is 19.4. The number of amides is 2. The normalized spacial score (nSPS) is 14.0. The molecule has 27 heavy (non-hydrogen) atoms. The molecule has 0 bridgehead atoms. The van der Waals surface area contributed by atoms with Crippen LogP contribution in [0.15, 0.2) is 42.5 Å². The molecule has 0 radical (unpaired) electrons. The van der Waals surface area contributed by atoms with Crippen LogP contribution in [0.3, 0.4) is 0 Å². The Hall–Kier alpha value is -2.73. The summed E-state index contributed by atoms with van der Waals surface area (Å²) in [7, 11) is 1.31. The van der Waals surface area contributed by atoms with Crippen LogP contribution in [-0.4, -0.2) is 50.2 Å². The van der Waals surface area contributed by atoms with Gasteiger partial charge in [0, 0.05) is 31.9 Å². The van der Waals surface area contributed by atoms with Crippen LogP contribution in [0.4, 0.5) is 16.2 Å². The van der Waals surface area contributed by atoms with E-state index in [0.29, 0.717) is 29.4 Å². The highest BCUT2D eigenvalue weighted by Gasteiger charge is 2.22. The highest BCUT2D eigenvalue weighted by atomic mass is 35.5. The zero-order valence-corrected chi connectivity index (χ0v) is 16.1. The lowest BCUT2D eigenvalue weighted by atomic mass is 10.2. The number of rotatable bonds is 3. The number of esters is 1. The molecule has 0 aromatic heterocycles. The van der Waals surface area contributed by atoms with Gasteiger partial charge in [-0.05, 0) is 37.3 Å². The maximum atomic E-state index is 12.6. The molecule has 6 nitrogen and oxygen atoms in total. The fourth-order valence-electron chi connectivity index (χ4n) is 2.98. The second kappa shape index (κ2) is 8.31. The lowest BCUT2D eigenvalue weighted by molar-refractivity contribution is 0.0600. The molecule has 3 rings (SSSR count). The maximum absolute atomic E-state index is 12.6. The molecule has 0 saturated carbocycles. The van der Waals surface area contributed by atoms with Crippen molar-refractivity contribution in [2.45, 2.75) is 6.92 Å². The van der Waals surface area contributed by atoms with Crippen LogP contribution in [0.2, 0.25) is 5.02 Å². The van der Waals surface area contributed by atoms with Crippen LogP contribution in [0.5, 0.6) is 0 Å². The number of halogens is 1. The lowest BCUT2D eigenvalue weighted by Gasteiger charge is -2.36. The molecule has 2 aromatic carbocycles. The Morgan fingerprint density at radius 2 is 1.70 bits per heavy atom. The number of piperazine rings is 1. The number of carbonyl (C=O) groups is 2. The molecule has 1 aliphatic heterocycles. The zero-order valence-electron chi connectivity index (χ0n) is 15.4. The summed E-state index contributed by atoms with van der Waals surface area (Å²) in [4.78, 5) is 28.2. The van der Waals surface area contributed by atoms with E-state index in [1.807, 2.05) is 0 Å². The van der Waals surface area contributed by atoms with Crippen molar-refractivity contribution in [2.75, 3.05) is 43.5 Å². The predicted octanol–water partition coefficient (Wildman–Crippen LogP) is 3.79. The predicted molar refractivity (Wildman–Crippen MR) is 107 cm³/mol. The van der Waals surface area contributed by atoms with Crippen molar-refractivity contribution in [2.24, 2.45) is 0 Å². The van der Waals surface area contributed by atoms with Gasteiger partial charge >= 0.3 is 12.0 Å². The lowest BCUT2D eigenvalue weighted by Crippen LogP contribution is -2.50. The molecular formula is C20H22ClN3O3. The number of urea groups is 1. The van der Waals surface area contributed by atoms with E-state index in [-0.39, 0.29) is 6.03 Å². The van der Waals surface area contributed by atoms with Crippen LogP contribution in [-0.2, 0) is 4.74 Å². The monoisotopic (exact) mass is 387 g/mol. The topological polar surface area (TPSA) is 61.9 Å². The largest absolute Gasteiger partial charge is 0.465 e. The fraction of sp³-hybridized carbons (Fsp3) is 0.300. The first kappa shape index (κ1) is 19.0. The number of ether oxygens (including phenoxy) is 1. The molecule has 1 fully saturated rings. The summed E-state index contributed by atoms with van der Waals surface area (Å²) in [6, 6.07) is 12.8. The molecule has 2 aromatic rings. The molecular weight excluding hydrogens is 366 g/mol. The number of hydrogen-bond acceptors (Lipinski definition) is 4. The van der Waals surface area contributed by atoms with Gasteiger partial charge in [-0.2, -0.15) is 0 Å². The Morgan fingerprint density at radius 3 is 2.33 bits per heavy atom. The van der Waals surface area contributed by atoms with Crippen LogP contribution < -0.4 is 10.2 Å². The number of benzene rings is 2.